The lowest BCUT2D eigenvalue weighted by molar-refractivity contribution is 0.574. The van der Waals surface area contributed by atoms with Crippen LogP contribution < -0.4 is 4.72 Å². The number of allylic oxidation sites excluding steroid dienone is 2. The zero-order chi connectivity index (χ0) is 16.9. The van der Waals surface area contributed by atoms with E-state index in [0.717, 1.165) is 36.9 Å². The van der Waals surface area contributed by atoms with Gasteiger partial charge in [0.2, 0.25) is 10.0 Å². The molecule has 0 atom stereocenters. The molecule has 23 heavy (non-hydrogen) atoms. The summed E-state index contributed by atoms with van der Waals surface area (Å²) in [5.74, 6) is 0. The topological polar surface area (TPSA) is 58.5 Å². The molecule has 2 rings (SSSR count). The summed E-state index contributed by atoms with van der Waals surface area (Å²) in [6.45, 7) is 6.79. The number of benzene rings is 1. The van der Waals surface area contributed by atoms with E-state index in [0.29, 0.717) is 11.4 Å². The average molecular weight is 334 g/mol. The van der Waals surface area contributed by atoms with Gasteiger partial charge in [-0.1, -0.05) is 39.0 Å². The van der Waals surface area contributed by atoms with Crippen LogP contribution in [0, 0.1) is 0 Å². The maximum Gasteiger partial charge on any atom is 0.240 e. The van der Waals surface area contributed by atoms with Crippen LogP contribution in [0.1, 0.15) is 52.0 Å². The van der Waals surface area contributed by atoms with Crippen LogP contribution in [0.15, 0.2) is 45.9 Å². The molecule has 0 radical (unpaired) electrons. The third kappa shape index (κ3) is 5.29. The SMILES string of the molecule is CC(C)(C)c1ccc(S(=O)(=O)NCCCCC2=CCC=N2)cc1. The van der Waals surface area contributed by atoms with Crippen LogP contribution >= 0.6 is 0 Å². The first-order valence-corrected chi connectivity index (χ1v) is 9.59. The molecule has 0 aromatic heterocycles. The lowest BCUT2D eigenvalue weighted by atomic mass is 9.87. The van der Waals surface area contributed by atoms with Gasteiger partial charge in [-0.3, -0.25) is 4.99 Å². The number of nitrogens with zero attached hydrogens (tertiary/aromatic N) is 1. The van der Waals surface area contributed by atoms with Gasteiger partial charge in [-0.05, 0) is 42.4 Å². The van der Waals surface area contributed by atoms with Gasteiger partial charge in [0.1, 0.15) is 0 Å². The fourth-order valence-electron chi connectivity index (χ4n) is 2.43. The number of unbranched alkanes of at least 4 members (excludes halogenated alkanes) is 1. The number of hydrogen-bond acceptors (Lipinski definition) is 3. The van der Waals surface area contributed by atoms with Crippen LogP contribution in [0.2, 0.25) is 0 Å². The van der Waals surface area contributed by atoms with E-state index < -0.39 is 10.0 Å². The molecule has 1 heterocycles. The number of sulfonamides is 1. The Balaban J connectivity index is 1.82. The Hall–Kier alpha value is -1.46. The summed E-state index contributed by atoms with van der Waals surface area (Å²) < 4.78 is 27.2. The highest BCUT2D eigenvalue weighted by atomic mass is 32.2. The molecule has 0 amide bonds. The molecule has 0 saturated carbocycles. The molecule has 1 aliphatic rings. The first-order chi connectivity index (χ1) is 10.8. The van der Waals surface area contributed by atoms with Crippen molar-refractivity contribution in [1.82, 2.24) is 4.72 Å². The summed E-state index contributed by atoms with van der Waals surface area (Å²) in [6.07, 6.45) is 7.60. The Kier molecular flexibility index (Phi) is 5.76. The minimum atomic E-state index is -3.42. The van der Waals surface area contributed by atoms with Crippen LogP contribution in [0.25, 0.3) is 0 Å². The molecule has 5 heteroatoms. The molecule has 1 N–H and O–H groups in total. The second-order valence-corrected chi connectivity index (χ2v) is 8.64. The standard InChI is InChI=1S/C18H26N2O2S/c1-18(2,3)15-9-11-17(12-10-15)23(21,22)20-14-5-4-7-16-8-6-13-19-16/h8-13,20H,4-7,14H2,1-3H3. The van der Waals surface area contributed by atoms with E-state index in [1.54, 1.807) is 12.1 Å². The van der Waals surface area contributed by atoms with Crippen LogP contribution in [0.5, 0.6) is 0 Å². The lowest BCUT2D eigenvalue weighted by Crippen LogP contribution is -2.25. The zero-order valence-corrected chi connectivity index (χ0v) is 15.0. The smallest absolute Gasteiger partial charge is 0.240 e. The normalized spacial score (nSPS) is 15.0. The summed E-state index contributed by atoms with van der Waals surface area (Å²) in [4.78, 5) is 4.58. The Morgan fingerprint density at radius 3 is 2.39 bits per heavy atom. The third-order valence-electron chi connectivity index (χ3n) is 3.90. The second kappa shape index (κ2) is 7.41. The third-order valence-corrected chi connectivity index (χ3v) is 5.38. The molecule has 4 nitrogen and oxygen atoms in total. The Morgan fingerprint density at radius 2 is 1.83 bits per heavy atom. The number of rotatable bonds is 7. The van der Waals surface area contributed by atoms with E-state index in [-0.39, 0.29) is 5.41 Å². The predicted octanol–water partition coefficient (Wildman–Crippen LogP) is 3.79. The van der Waals surface area contributed by atoms with Gasteiger partial charge < -0.3 is 0 Å². The van der Waals surface area contributed by atoms with Crippen molar-refractivity contribution in [3.05, 3.63) is 41.6 Å². The summed E-state index contributed by atoms with van der Waals surface area (Å²) in [5, 5.41) is 0. The van der Waals surface area contributed by atoms with Crippen molar-refractivity contribution in [3.8, 4) is 0 Å². The highest BCUT2D eigenvalue weighted by Crippen LogP contribution is 2.23. The summed E-state index contributed by atoms with van der Waals surface area (Å²) in [5.41, 5.74) is 2.26. The van der Waals surface area contributed by atoms with Crippen molar-refractivity contribution >= 4 is 16.2 Å². The van der Waals surface area contributed by atoms with Crippen molar-refractivity contribution in [2.24, 2.45) is 4.99 Å². The molecule has 0 bridgehead atoms. The van der Waals surface area contributed by atoms with Gasteiger partial charge in [0.25, 0.3) is 0 Å². The largest absolute Gasteiger partial charge is 0.266 e. The van der Waals surface area contributed by atoms with E-state index >= 15 is 0 Å². The van der Waals surface area contributed by atoms with Gasteiger partial charge in [0.15, 0.2) is 0 Å². The van der Waals surface area contributed by atoms with E-state index in [1.165, 1.54) is 0 Å². The molecular formula is C18H26N2O2S. The molecule has 1 aliphatic heterocycles. The van der Waals surface area contributed by atoms with Crippen molar-refractivity contribution in [3.63, 3.8) is 0 Å². The molecule has 1 aromatic carbocycles. The van der Waals surface area contributed by atoms with Gasteiger partial charge in [-0.2, -0.15) is 0 Å². The number of hydrogen-bond donors (Lipinski definition) is 1. The van der Waals surface area contributed by atoms with Gasteiger partial charge in [0.05, 0.1) is 4.90 Å². The van der Waals surface area contributed by atoms with Gasteiger partial charge in [0, 0.05) is 24.9 Å². The fourth-order valence-corrected chi connectivity index (χ4v) is 3.51. The molecule has 126 valence electrons. The minimum absolute atomic E-state index is 0.0210. The zero-order valence-electron chi connectivity index (χ0n) is 14.2. The molecule has 0 saturated heterocycles. The van der Waals surface area contributed by atoms with Crippen LogP contribution in [-0.4, -0.2) is 21.2 Å². The maximum absolute atomic E-state index is 12.3. The highest BCUT2D eigenvalue weighted by molar-refractivity contribution is 7.89. The molecule has 1 aromatic rings. The Labute approximate surface area is 139 Å². The molecular weight excluding hydrogens is 308 g/mol. The van der Waals surface area contributed by atoms with Gasteiger partial charge >= 0.3 is 0 Å². The number of aliphatic imine (C=N–C) groups is 1. The lowest BCUT2D eigenvalue weighted by Gasteiger charge is -2.19. The quantitative estimate of drug-likeness (QED) is 0.771. The minimum Gasteiger partial charge on any atom is -0.266 e. The fraction of sp³-hybridized carbons (Fsp3) is 0.500. The van der Waals surface area contributed by atoms with E-state index in [9.17, 15) is 8.42 Å². The van der Waals surface area contributed by atoms with Gasteiger partial charge in [-0.15, -0.1) is 0 Å². The van der Waals surface area contributed by atoms with Crippen LogP contribution in [0.4, 0.5) is 0 Å². The Morgan fingerprint density at radius 1 is 1.13 bits per heavy atom. The van der Waals surface area contributed by atoms with Crippen molar-refractivity contribution in [2.45, 2.75) is 56.8 Å². The van der Waals surface area contributed by atoms with E-state index in [4.69, 9.17) is 0 Å². The summed E-state index contributed by atoms with van der Waals surface area (Å²) >= 11 is 0. The molecule has 0 fully saturated rings. The van der Waals surface area contributed by atoms with E-state index in [1.807, 2.05) is 18.3 Å². The predicted molar refractivity (Wildman–Crippen MR) is 95.4 cm³/mol. The second-order valence-electron chi connectivity index (χ2n) is 6.87. The van der Waals surface area contributed by atoms with Crippen molar-refractivity contribution < 1.29 is 8.42 Å². The highest BCUT2D eigenvalue weighted by Gasteiger charge is 2.17. The van der Waals surface area contributed by atoms with Crippen LogP contribution in [-0.2, 0) is 15.4 Å². The van der Waals surface area contributed by atoms with E-state index in [2.05, 4.69) is 36.6 Å². The molecule has 0 aliphatic carbocycles. The Bertz CT molecular complexity index is 681. The molecule has 0 spiro atoms. The average Bonchev–Trinajstić information content (AvgIpc) is 2.99. The first kappa shape index (κ1) is 17.9. The number of nitrogens with one attached hydrogen (secondary N) is 1. The van der Waals surface area contributed by atoms with Crippen molar-refractivity contribution in [1.29, 1.82) is 0 Å². The van der Waals surface area contributed by atoms with Crippen LogP contribution in [0.3, 0.4) is 0 Å². The first-order valence-electron chi connectivity index (χ1n) is 8.11. The van der Waals surface area contributed by atoms with Gasteiger partial charge in [-0.25, -0.2) is 13.1 Å². The maximum atomic E-state index is 12.3. The monoisotopic (exact) mass is 334 g/mol. The van der Waals surface area contributed by atoms with Crippen molar-refractivity contribution in [2.75, 3.05) is 6.54 Å². The summed E-state index contributed by atoms with van der Waals surface area (Å²) in [6, 6.07) is 7.14. The summed E-state index contributed by atoms with van der Waals surface area (Å²) in [7, 11) is -3.42. The molecule has 0 unspecified atom stereocenters.